The second-order valence-electron chi connectivity index (χ2n) is 14.3. The van der Waals surface area contributed by atoms with E-state index in [1.54, 1.807) is 0 Å². The molecule has 42 heavy (non-hydrogen) atoms. The molecule has 1 saturated carbocycles. The van der Waals surface area contributed by atoms with Crippen molar-refractivity contribution in [2.24, 2.45) is 22.7 Å². The first kappa shape index (κ1) is 35.5. The molecule has 2 heteroatoms. The summed E-state index contributed by atoms with van der Waals surface area (Å²) in [5, 5.41) is 20.7. The molecule has 2 rings (SSSR count). The van der Waals surface area contributed by atoms with E-state index in [1.165, 1.54) is 33.4 Å². The van der Waals surface area contributed by atoms with Crippen LogP contribution in [0, 0.1) is 22.7 Å². The Kier molecular flexibility index (Phi) is 13.7. The molecule has 2 N–H and O–H groups in total. The van der Waals surface area contributed by atoms with Crippen molar-refractivity contribution in [2.45, 2.75) is 107 Å². The summed E-state index contributed by atoms with van der Waals surface area (Å²) in [5.74, 6) is 0.729. The molecule has 2 aliphatic rings. The quantitative estimate of drug-likeness (QED) is 0.256. The van der Waals surface area contributed by atoms with E-state index in [1.807, 2.05) is 0 Å². The molecule has 4 unspecified atom stereocenters. The first-order valence-corrected chi connectivity index (χ1v) is 15.7. The molecule has 0 aromatic rings. The molecule has 0 aromatic carbocycles. The smallest absolute Gasteiger partial charge is 0.0610 e. The van der Waals surface area contributed by atoms with Gasteiger partial charge in [0.25, 0.3) is 0 Å². The van der Waals surface area contributed by atoms with Crippen molar-refractivity contribution < 1.29 is 10.2 Å². The van der Waals surface area contributed by atoms with Crippen molar-refractivity contribution in [3.05, 3.63) is 119 Å². The van der Waals surface area contributed by atoms with E-state index in [9.17, 15) is 10.2 Å². The van der Waals surface area contributed by atoms with E-state index in [2.05, 4.69) is 154 Å². The fourth-order valence-corrected chi connectivity index (χ4v) is 6.49. The van der Waals surface area contributed by atoms with Crippen LogP contribution in [0.25, 0.3) is 0 Å². The summed E-state index contributed by atoms with van der Waals surface area (Å²) in [6, 6.07) is 0. The first-order valence-electron chi connectivity index (χ1n) is 15.7. The topological polar surface area (TPSA) is 40.5 Å². The molecule has 0 bridgehead atoms. The Morgan fingerprint density at radius 2 is 1.19 bits per heavy atom. The maximum absolute atomic E-state index is 10.6. The molecule has 0 spiro atoms. The molecule has 2 nitrogen and oxygen atoms in total. The van der Waals surface area contributed by atoms with Crippen LogP contribution in [0.15, 0.2) is 119 Å². The molecule has 0 amide bonds. The summed E-state index contributed by atoms with van der Waals surface area (Å²) in [7, 11) is 0. The lowest BCUT2D eigenvalue weighted by atomic mass is 9.66. The Bertz CT molecular complexity index is 1200. The molecule has 4 atom stereocenters. The molecular formula is C40H58O2. The molecule has 0 aliphatic heterocycles. The summed E-state index contributed by atoms with van der Waals surface area (Å²) in [6.07, 6.45) is 33.0. The van der Waals surface area contributed by atoms with E-state index in [-0.39, 0.29) is 29.0 Å². The zero-order valence-electron chi connectivity index (χ0n) is 28.1. The Balaban J connectivity index is 1.87. The summed E-state index contributed by atoms with van der Waals surface area (Å²) < 4.78 is 0. The molecule has 0 saturated heterocycles. The first-order chi connectivity index (χ1) is 19.6. The van der Waals surface area contributed by atoms with Crippen LogP contribution in [0.5, 0.6) is 0 Å². The third kappa shape index (κ3) is 12.3. The van der Waals surface area contributed by atoms with Gasteiger partial charge in [0.1, 0.15) is 0 Å². The molecule has 0 radical (unpaired) electrons. The third-order valence-electron chi connectivity index (χ3n) is 8.57. The predicted octanol–water partition coefficient (Wildman–Crippen LogP) is 10.5. The van der Waals surface area contributed by atoms with Crippen molar-refractivity contribution in [3.63, 3.8) is 0 Å². The maximum atomic E-state index is 10.6. The summed E-state index contributed by atoms with van der Waals surface area (Å²) in [5.41, 5.74) is 7.64. The zero-order chi connectivity index (χ0) is 31.5. The average molecular weight is 571 g/mol. The lowest BCUT2D eigenvalue weighted by molar-refractivity contribution is 0.00365. The van der Waals surface area contributed by atoms with E-state index < -0.39 is 0 Å². The minimum absolute atomic E-state index is 0.00594. The van der Waals surface area contributed by atoms with Gasteiger partial charge in [0.05, 0.1) is 12.2 Å². The van der Waals surface area contributed by atoms with Crippen LogP contribution in [0.1, 0.15) is 94.9 Å². The Hall–Kier alpha value is -2.68. The summed E-state index contributed by atoms with van der Waals surface area (Å²) in [6.45, 7) is 21.8. The average Bonchev–Trinajstić information content (AvgIpc) is 2.84. The van der Waals surface area contributed by atoms with Crippen molar-refractivity contribution in [2.75, 3.05) is 0 Å². The normalized spacial score (nSPS) is 28.5. The number of hydrogen-bond acceptors (Lipinski definition) is 2. The zero-order valence-corrected chi connectivity index (χ0v) is 28.1. The molecule has 0 aromatic heterocycles. The van der Waals surface area contributed by atoms with Crippen LogP contribution in [-0.2, 0) is 0 Å². The van der Waals surface area contributed by atoms with Crippen LogP contribution in [0.3, 0.4) is 0 Å². The Morgan fingerprint density at radius 3 is 1.71 bits per heavy atom. The fourth-order valence-electron chi connectivity index (χ4n) is 6.49. The third-order valence-corrected chi connectivity index (χ3v) is 8.57. The van der Waals surface area contributed by atoms with E-state index in [0.29, 0.717) is 5.92 Å². The highest BCUT2D eigenvalue weighted by Crippen LogP contribution is 2.43. The van der Waals surface area contributed by atoms with Crippen LogP contribution in [0.4, 0.5) is 0 Å². The Labute approximate surface area is 258 Å². The largest absolute Gasteiger partial charge is 0.393 e. The minimum atomic E-state index is -0.255. The molecule has 1 fully saturated rings. The monoisotopic (exact) mass is 570 g/mol. The molecule has 230 valence electrons. The van der Waals surface area contributed by atoms with Crippen LogP contribution >= 0.6 is 0 Å². The van der Waals surface area contributed by atoms with Gasteiger partial charge in [-0.15, -0.1) is 0 Å². The van der Waals surface area contributed by atoms with Gasteiger partial charge in [-0.05, 0) is 82.6 Å². The van der Waals surface area contributed by atoms with Gasteiger partial charge in [-0.3, -0.25) is 0 Å². The fraction of sp³-hybridized carbons (Fsp3) is 0.500. The van der Waals surface area contributed by atoms with E-state index in [0.717, 1.165) is 25.7 Å². The standard InChI is InChI=1S/C40H58O2/c1-29(17-13-19-31(3)21-23-36-34(6)26-39(7,8)28-38(36)42)15-11-12-16-30(2)18-14-20-32(4)22-24-37-33(5)25-35(41)27-40(37,9)10/h11-24,34-36,38,41-42H,25-28H2,1-10H3/b12-11+,17-13+,18-14+,23-21-,24-22+,29-15+,30-16+,31-19+,32-20+. The highest BCUT2D eigenvalue weighted by Gasteiger charge is 2.37. The number of allylic oxidation sites excluding steroid dienone is 18. The molecule has 2 aliphatic carbocycles. The van der Waals surface area contributed by atoms with Gasteiger partial charge >= 0.3 is 0 Å². The van der Waals surface area contributed by atoms with Crippen LogP contribution in [-0.4, -0.2) is 22.4 Å². The predicted molar refractivity (Wildman–Crippen MR) is 184 cm³/mol. The van der Waals surface area contributed by atoms with Crippen molar-refractivity contribution in [1.29, 1.82) is 0 Å². The SMILES string of the molecule is CC1=C(/C=C/C(C)=C/C=C/C(C)=C/C=C/C=C(C)/C=C/C=C(C)/C=C\C2C(C)CC(C)(C)CC2O)C(C)(C)CC(O)C1. The van der Waals surface area contributed by atoms with Crippen molar-refractivity contribution in [3.8, 4) is 0 Å². The molecular weight excluding hydrogens is 512 g/mol. The number of hydrogen-bond donors (Lipinski definition) is 2. The lowest BCUT2D eigenvalue weighted by Crippen LogP contribution is -2.38. The second kappa shape index (κ2) is 16.2. The highest BCUT2D eigenvalue weighted by atomic mass is 16.3. The van der Waals surface area contributed by atoms with Gasteiger partial charge in [-0.1, -0.05) is 148 Å². The van der Waals surface area contributed by atoms with Gasteiger partial charge in [0.2, 0.25) is 0 Å². The van der Waals surface area contributed by atoms with Gasteiger partial charge < -0.3 is 10.2 Å². The minimum Gasteiger partial charge on any atom is -0.393 e. The number of aliphatic hydroxyl groups excluding tert-OH is 2. The van der Waals surface area contributed by atoms with Gasteiger partial charge in [-0.2, -0.15) is 0 Å². The summed E-state index contributed by atoms with van der Waals surface area (Å²) in [4.78, 5) is 0. The van der Waals surface area contributed by atoms with Gasteiger partial charge in [-0.25, -0.2) is 0 Å². The second-order valence-corrected chi connectivity index (χ2v) is 14.3. The van der Waals surface area contributed by atoms with Crippen molar-refractivity contribution >= 4 is 0 Å². The maximum Gasteiger partial charge on any atom is 0.0610 e. The van der Waals surface area contributed by atoms with Crippen LogP contribution < -0.4 is 0 Å². The van der Waals surface area contributed by atoms with E-state index in [4.69, 9.17) is 0 Å². The Morgan fingerprint density at radius 1 is 0.690 bits per heavy atom. The lowest BCUT2D eigenvalue weighted by Gasteiger charge is -2.41. The number of aliphatic hydroxyl groups is 2. The van der Waals surface area contributed by atoms with Gasteiger partial charge in [0, 0.05) is 5.92 Å². The van der Waals surface area contributed by atoms with Gasteiger partial charge in [0.15, 0.2) is 0 Å². The number of rotatable bonds is 10. The molecule has 0 heterocycles. The van der Waals surface area contributed by atoms with Crippen LogP contribution in [0.2, 0.25) is 0 Å². The summed E-state index contributed by atoms with van der Waals surface area (Å²) >= 11 is 0. The highest BCUT2D eigenvalue weighted by molar-refractivity contribution is 5.38. The van der Waals surface area contributed by atoms with Crippen molar-refractivity contribution in [1.82, 2.24) is 0 Å². The van der Waals surface area contributed by atoms with E-state index >= 15 is 0 Å².